The van der Waals surface area contributed by atoms with Crippen molar-refractivity contribution in [1.29, 1.82) is 0 Å². The highest BCUT2D eigenvalue weighted by Gasteiger charge is 1.97. The van der Waals surface area contributed by atoms with E-state index in [2.05, 4.69) is 24.8 Å². The zero-order valence-electron chi connectivity index (χ0n) is 22.1. The Morgan fingerprint density at radius 2 is 0.848 bits per heavy atom. The molecule has 0 aromatic carbocycles. The van der Waals surface area contributed by atoms with E-state index >= 15 is 0 Å². The van der Waals surface area contributed by atoms with E-state index in [0.717, 1.165) is 12.5 Å². The van der Waals surface area contributed by atoms with Crippen LogP contribution in [0.5, 0.6) is 0 Å². The molecule has 0 aliphatic heterocycles. The monoisotopic (exact) mass is 466 g/mol. The molecule has 0 aromatic heterocycles. The molecule has 0 saturated heterocycles. The van der Waals surface area contributed by atoms with Crippen molar-refractivity contribution in [1.82, 2.24) is 0 Å². The van der Waals surface area contributed by atoms with Crippen LogP contribution in [0.15, 0.2) is 25.3 Å². The standard InChI is InChI=1S/C25H48O2.C4H6O2/c1-3-5-6-7-8-9-10-11-12-13-14-15-16-17-18-19-20-21-22-23-24-27-25(26)4-2;1-3-4(5)6-2/h4H,2-3,5-24H2,1H3;3H,1H2,2H3. The summed E-state index contributed by atoms with van der Waals surface area (Å²) in [6.07, 6.45) is 30.0. The Morgan fingerprint density at radius 1 is 0.545 bits per heavy atom. The molecule has 0 fully saturated rings. The minimum Gasteiger partial charge on any atom is -0.466 e. The van der Waals surface area contributed by atoms with Gasteiger partial charge in [-0.05, 0) is 6.42 Å². The second kappa shape index (κ2) is 30.4. The second-order valence-corrected chi connectivity index (χ2v) is 8.82. The lowest BCUT2D eigenvalue weighted by Crippen LogP contribution is -2.01. The lowest BCUT2D eigenvalue weighted by Gasteiger charge is -2.04. The summed E-state index contributed by atoms with van der Waals surface area (Å²) < 4.78 is 9.11. The van der Waals surface area contributed by atoms with Crippen LogP contribution >= 0.6 is 0 Å². The quantitative estimate of drug-likeness (QED) is 0.0857. The molecule has 4 nitrogen and oxygen atoms in total. The van der Waals surface area contributed by atoms with E-state index in [9.17, 15) is 9.59 Å². The Morgan fingerprint density at radius 3 is 1.09 bits per heavy atom. The Labute approximate surface area is 205 Å². The minimum absolute atomic E-state index is 0.298. The van der Waals surface area contributed by atoms with Gasteiger partial charge < -0.3 is 9.47 Å². The molecular formula is C29H54O4. The van der Waals surface area contributed by atoms with Gasteiger partial charge >= 0.3 is 11.9 Å². The zero-order chi connectivity index (χ0) is 24.8. The second-order valence-electron chi connectivity index (χ2n) is 8.82. The molecule has 0 atom stereocenters. The predicted molar refractivity (Wildman–Crippen MR) is 141 cm³/mol. The number of rotatable bonds is 23. The van der Waals surface area contributed by atoms with Crippen LogP contribution in [-0.4, -0.2) is 25.7 Å². The fourth-order valence-corrected chi connectivity index (χ4v) is 3.67. The highest BCUT2D eigenvalue weighted by molar-refractivity contribution is 5.81. The first-order chi connectivity index (χ1) is 16.1. The third-order valence-electron chi connectivity index (χ3n) is 5.78. The number of carbonyl (C=O) groups is 2. The predicted octanol–water partition coefficient (Wildman–Crippen LogP) is 8.88. The van der Waals surface area contributed by atoms with Crippen molar-refractivity contribution in [2.45, 2.75) is 135 Å². The number of hydrogen-bond acceptors (Lipinski definition) is 4. The maximum absolute atomic E-state index is 10.9. The van der Waals surface area contributed by atoms with E-state index in [1.54, 1.807) is 0 Å². The van der Waals surface area contributed by atoms with E-state index in [-0.39, 0.29) is 5.97 Å². The van der Waals surface area contributed by atoms with Crippen molar-refractivity contribution < 1.29 is 19.1 Å². The molecule has 0 radical (unpaired) electrons. The SMILES string of the molecule is C=CC(=O)OC.C=CC(=O)OCCCCCCCCCCCCCCCCCCCCCC. The molecular weight excluding hydrogens is 412 g/mol. The van der Waals surface area contributed by atoms with E-state index in [1.807, 2.05) is 0 Å². The van der Waals surface area contributed by atoms with Crippen LogP contribution in [0.3, 0.4) is 0 Å². The van der Waals surface area contributed by atoms with Gasteiger partial charge in [0.1, 0.15) is 0 Å². The lowest BCUT2D eigenvalue weighted by atomic mass is 10.0. The Bertz CT molecular complexity index is 445. The Hall–Kier alpha value is -1.58. The van der Waals surface area contributed by atoms with Crippen molar-refractivity contribution in [3.8, 4) is 0 Å². The maximum atomic E-state index is 10.9. The van der Waals surface area contributed by atoms with Gasteiger partial charge in [0.2, 0.25) is 0 Å². The fourth-order valence-electron chi connectivity index (χ4n) is 3.67. The first-order valence-corrected chi connectivity index (χ1v) is 13.6. The summed E-state index contributed by atoms with van der Waals surface area (Å²) in [7, 11) is 1.31. The van der Waals surface area contributed by atoms with Gasteiger partial charge in [-0.2, -0.15) is 0 Å². The number of carbonyl (C=O) groups excluding carboxylic acids is 2. The molecule has 0 aliphatic carbocycles. The molecule has 0 heterocycles. The summed E-state index contributed by atoms with van der Waals surface area (Å²) in [5.41, 5.74) is 0. The van der Waals surface area contributed by atoms with Crippen LogP contribution in [0.4, 0.5) is 0 Å². The molecule has 0 amide bonds. The van der Waals surface area contributed by atoms with Crippen LogP contribution in [0, 0.1) is 0 Å². The highest BCUT2D eigenvalue weighted by atomic mass is 16.5. The maximum Gasteiger partial charge on any atom is 0.330 e. The van der Waals surface area contributed by atoms with Crippen molar-refractivity contribution in [2.75, 3.05) is 13.7 Å². The third-order valence-corrected chi connectivity index (χ3v) is 5.78. The van der Waals surface area contributed by atoms with Crippen molar-refractivity contribution in [3.05, 3.63) is 25.3 Å². The molecule has 0 aliphatic rings. The first-order valence-electron chi connectivity index (χ1n) is 13.6. The van der Waals surface area contributed by atoms with Gasteiger partial charge in [-0.3, -0.25) is 0 Å². The van der Waals surface area contributed by atoms with Crippen LogP contribution in [0.1, 0.15) is 135 Å². The van der Waals surface area contributed by atoms with Crippen molar-refractivity contribution in [2.24, 2.45) is 0 Å². The van der Waals surface area contributed by atoms with Gasteiger partial charge in [-0.15, -0.1) is 0 Å². The summed E-state index contributed by atoms with van der Waals surface area (Å²) in [6.45, 7) is 9.38. The van der Waals surface area contributed by atoms with Crippen LogP contribution in [-0.2, 0) is 19.1 Å². The van der Waals surface area contributed by atoms with Crippen molar-refractivity contribution in [3.63, 3.8) is 0 Å². The molecule has 0 bridgehead atoms. The fraction of sp³-hybridized carbons (Fsp3) is 0.793. The van der Waals surface area contributed by atoms with Gasteiger partial charge in [0.05, 0.1) is 13.7 Å². The molecule has 4 heteroatoms. The molecule has 0 saturated carbocycles. The van der Waals surface area contributed by atoms with E-state index in [1.165, 1.54) is 135 Å². The summed E-state index contributed by atoms with van der Waals surface area (Å²) in [5.74, 6) is -0.692. The number of hydrogen-bond donors (Lipinski definition) is 0. The van der Waals surface area contributed by atoms with Crippen LogP contribution < -0.4 is 0 Å². The number of unbranched alkanes of at least 4 members (excludes halogenated alkanes) is 19. The zero-order valence-corrected chi connectivity index (χ0v) is 22.1. The summed E-state index contributed by atoms with van der Waals surface area (Å²) in [4.78, 5) is 20.7. The van der Waals surface area contributed by atoms with Gasteiger partial charge in [0.25, 0.3) is 0 Å². The van der Waals surface area contributed by atoms with Gasteiger partial charge in [-0.25, -0.2) is 9.59 Å². The van der Waals surface area contributed by atoms with Gasteiger partial charge in [-0.1, -0.05) is 142 Å². The normalized spacial score (nSPS) is 10.1. The molecule has 194 valence electrons. The molecule has 0 N–H and O–H groups in total. The molecule has 0 spiro atoms. The first kappa shape index (κ1) is 33.6. The largest absolute Gasteiger partial charge is 0.466 e. The minimum atomic E-state index is -0.394. The van der Waals surface area contributed by atoms with Crippen molar-refractivity contribution >= 4 is 11.9 Å². The molecule has 33 heavy (non-hydrogen) atoms. The summed E-state index contributed by atoms with van der Waals surface area (Å²) in [5, 5.41) is 0. The average Bonchev–Trinajstić information content (AvgIpc) is 2.84. The van der Waals surface area contributed by atoms with Crippen LogP contribution in [0.25, 0.3) is 0 Å². The topological polar surface area (TPSA) is 52.6 Å². The van der Waals surface area contributed by atoms with Crippen LogP contribution in [0.2, 0.25) is 0 Å². The average molecular weight is 467 g/mol. The summed E-state index contributed by atoms with van der Waals surface area (Å²) in [6, 6.07) is 0. The lowest BCUT2D eigenvalue weighted by molar-refractivity contribution is -0.138. The Balaban J connectivity index is 0. The molecule has 0 aromatic rings. The smallest absolute Gasteiger partial charge is 0.330 e. The number of esters is 2. The highest BCUT2D eigenvalue weighted by Crippen LogP contribution is 2.14. The third kappa shape index (κ3) is 32.7. The van der Waals surface area contributed by atoms with Gasteiger partial charge in [0.15, 0.2) is 0 Å². The molecule has 0 rings (SSSR count). The van der Waals surface area contributed by atoms with E-state index in [4.69, 9.17) is 4.74 Å². The molecule has 0 unspecified atom stereocenters. The van der Waals surface area contributed by atoms with E-state index in [0.29, 0.717) is 6.61 Å². The summed E-state index contributed by atoms with van der Waals surface area (Å²) >= 11 is 0. The number of ether oxygens (including phenoxy) is 2. The van der Waals surface area contributed by atoms with E-state index < -0.39 is 5.97 Å². The van der Waals surface area contributed by atoms with Gasteiger partial charge in [0, 0.05) is 12.2 Å². The Kier molecular flexibility index (Phi) is 31.0. The number of methoxy groups -OCH3 is 1.